The zero-order valence-corrected chi connectivity index (χ0v) is 12.6. The molecule has 2 aromatic carbocycles. The molecule has 0 saturated heterocycles. The zero-order chi connectivity index (χ0) is 15.0. The maximum atomic E-state index is 13.6. The van der Waals surface area contributed by atoms with E-state index in [0.29, 0.717) is 22.1 Å². The Bertz CT molecular complexity index is 694. The molecule has 3 nitrogen and oxygen atoms in total. The summed E-state index contributed by atoms with van der Waals surface area (Å²) in [5.41, 5.74) is 1.47. The predicted octanol–water partition coefficient (Wildman–Crippen LogP) is 5.03. The molecule has 110 valence electrons. The van der Waals surface area contributed by atoms with Crippen molar-refractivity contribution in [1.29, 1.82) is 0 Å². The number of nitrogens with one attached hydrogen (secondary N) is 1. The Morgan fingerprint density at radius 1 is 1.10 bits per heavy atom. The molecule has 0 aliphatic carbocycles. The molecule has 0 aromatic heterocycles. The van der Waals surface area contributed by atoms with E-state index in [-0.39, 0.29) is 17.9 Å². The van der Waals surface area contributed by atoms with Crippen LogP contribution in [0.4, 0.5) is 10.1 Å². The van der Waals surface area contributed by atoms with Gasteiger partial charge >= 0.3 is 0 Å². The molecule has 0 spiro atoms. The molecular formula is C15H12Cl2FNO2. The van der Waals surface area contributed by atoms with Crippen molar-refractivity contribution in [3.05, 3.63) is 51.8 Å². The highest BCUT2D eigenvalue weighted by Gasteiger charge is 2.16. The van der Waals surface area contributed by atoms with E-state index < -0.39 is 5.82 Å². The van der Waals surface area contributed by atoms with E-state index in [9.17, 15) is 4.39 Å². The van der Waals surface area contributed by atoms with Crippen molar-refractivity contribution in [2.24, 2.45) is 0 Å². The van der Waals surface area contributed by atoms with E-state index >= 15 is 0 Å². The lowest BCUT2D eigenvalue weighted by Crippen LogP contribution is -2.07. The van der Waals surface area contributed by atoms with E-state index in [2.05, 4.69) is 5.32 Å². The lowest BCUT2D eigenvalue weighted by atomic mass is 10.1. The topological polar surface area (TPSA) is 30.5 Å². The first-order valence-corrected chi connectivity index (χ1v) is 7.11. The number of anilines is 1. The summed E-state index contributed by atoms with van der Waals surface area (Å²) in [6.07, 6.45) is 0. The standard InChI is InChI=1S/C15H12Cl2FNO2/c1-8(10-5-13(18)12(17)6-11(10)16)19-9-2-3-14-15(4-9)21-7-20-14/h2-6,8,19H,7H2,1H3. The quantitative estimate of drug-likeness (QED) is 0.801. The summed E-state index contributed by atoms with van der Waals surface area (Å²) < 4.78 is 24.2. The summed E-state index contributed by atoms with van der Waals surface area (Å²) in [7, 11) is 0. The number of fused-ring (bicyclic) bond motifs is 1. The van der Waals surface area contributed by atoms with Gasteiger partial charge in [0.1, 0.15) is 5.82 Å². The fourth-order valence-electron chi connectivity index (χ4n) is 2.18. The molecule has 1 aliphatic rings. The van der Waals surface area contributed by atoms with Crippen LogP contribution in [0.2, 0.25) is 10.0 Å². The van der Waals surface area contributed by atoms with Crippen LogP contribution in [0.25, 0.3) is 0 Å². The Hall–Kier alpha value is -1.65. The first kappa shape index (κ1) is 14.3. The van der Waals surface area contributed by atoms with Crippen LogP contribution in [0.15, 0.2) is 30.3 Å². The number of ether oxygens (including phenoxy) is 2. The van der Waals surface area contributed by atoms with Crippen LogP contribution in [0.5, 0.6) is 11.5 Å². The molecular weight excluding hydrogens is 316 g/mol. The van der Waals surface area contributed by atoms with Crippen molar-refractivity contribution >= 4 is 28.9 Å². The average molecular weight is 328 g/mol. The van der Waals surface area contributed by atoms with Gasteiger partial charge in [-0.1, -0.05) is 23.2 Å². The molecule has 1 atom stereocenters. The predicted molar refractivity (Wildman–Crippen MR) is 81.0 cm³/mol. The number of benzene rings is 2. The molecule has 0 radical (unpaired) electrons. The molecule has 1 heterocycles. The Labute approximate surface area is 131 Å². The maximum Gasteiger partial charge on any atom is 0.231 e. The molecule has 0 bridgehead atoms. The molecule has 1 N–H and O–H groups in total. The first-order chi connectivity index (χ1) is 10.0. The number of rotatable bonds is 3. The third-order valence-electron chi connectivity index (χ3n) is 3.26. The van der Waals surface area contributed by atoms with E-state index in [0.717, 1.165) is 5.69 Å². The second-order valence-corrected chi connectivity index (χ2v) is 5.54. The van der Waals surface area contributed by atoms with Crippen LogP contribution in [0.1, 0.15) is 18.5 Å². The van der Waals surface area contributed by atoms with Gasteiger partial charge in [-0.05, 0) is 36.8 Å². The van der Waals surface area contributed by atoms with Crippen molar-refractivity contribution < 1.29 is 13.9 Å². The normalized spacial score (nSPS) is 14.1. The number of hydrogen-bond acceptors (Lipinski definition) is 3. The highest BCUT2D eigenvalue weighted by atomic mass is 35.5. The van der Waals surface area contributed by atoms with Gasteiger partial charge in [-0.3, -0.25) is 0 Å². The van der Waals surface area contributed by atoms with Gasteiger partial charge in [0.05, 0.1) is 11.1 Å². The van der Waals surface area contributed by atoms with Gasteiger partial charge in [0.15, 0.2) is 11.5 Å². The van der Waals surface area contributed by atoms with Crippen molar-refractivity contribution in [2.75, 3.05) is 12.1 Å². The molecule has 0 fully saturated rings. The second-order valence-electron chi connectivity index (χ2n) is 4.72. The zero-order valence-electron chi connectivity index (χ0n) is 11.1. The number of hydrogen-bond donors (Lipinski definition) is 1. The fraction of sp³-hybridized carbons (Fsp3) is 0.200. The molecule has 0 amide bonds. The van der Waals surface area contributed by atoms with E-state index in [1.807, 2.05) is 25.1 Å². The van der Waals surface area contributed by atoms with Crippen LogP contribution in [-0.4, -0.2) is 6.79 Å². The molecule has 1 aliphatic heterocycles. The minimum Gasteiger partial charge on any atom is -0.454 e. The van der Waals surface area contributed by atoms with Gasteiger partial charge in [0.25, 0.3) is 0 Å². The van der Waals surface area contributed by atoms with Crippen molar-refractivity contribution in [3.8, 4) is 11.5 Å². The summed E-state index contributed by atoms with van der Waals surface area (Å²) in [6, 6.07) is 8.08. The Kier molecular flexibility index (Phi) is 3.83. The molecule has 0 saturated carbocycles. The largest absolute Gasteiger partial charge is 0.454 e. The van der Waals surface area contributed by atoms with Crippen LogP contribution < -0.4 is 14.8 Å². The lowest BCUT2D eigenvalue weighted by Gasteiger charge is -2.17. The van der Waals surface area contributed by atoms with Crippen LogP contribution in [0, 0.1) is 5.82 Å². The van der Waals surface area contributed by atoms with Crippen LogP contribution in [-0.2, 0) is 0 Å². The summed E-state index contributed by atoms with van der Waals surface area (Å²) in [4.78, 5) is 0. The fourth-order valence-corrected chi connectivity index (χ4v) is 2.73. The van der Waals surface area contributed by atoms with E-state index in [1.54, 1.807) is 0 Å². The van der Waals surface area contributed by atoms with Gasteiger partial charge in [0.2, 0.25) is 6.79 Å². The van der Waals surface area contributed by atoms with Gasteiger partial charge in [-0.25, -0.2) is 4.39 Å². The van der Waals surface area contributed by atoms with Crippen molar-refractivity contribution in [1.82, 2.24) is 0 Å². The molecule has 6 heteroatoms. The van der Waals surface area contributed by atoms with Gasteiger partial charge in [-0.15, -0.1) is 0 Å². The summed E-state index contributed by atoms with van der Waals surface area (Å²) in [5.74, 6) is 0.903. The summed E-state index contributed by atoms with van der Waals surface area (Å²) in [6.45, 7) is 2.11. The Morgan fingerprint density at radius 3 is 2.67 bits per heavy atom. The Balaban J connectivity index is 1.83. The second kappa shape index (κ2) is 5.62. The summed E-state index contributed by atoms with van der Waals surface area (Å²) >= 11 is 11.8. The van der Waals surface area contributed by atoms with Crippen LogP contribution in [0.3, 0.4) is 0 Å². The van der Waals surface area contributed by atoms with E-state index in [1.165, 1.54) is 12.1 Å². The summed E-state index contributed by atoms with van der Waals surface area (Å²) in [5, 5.41) is 3.68. The molecule has 21 heavy (non-hydrogen) atoms. The molecule has 2 aromatic rings. The maximum absolute atomic E-state index is 13.6. The molecule has 3 rings (SSSR count). The smallest absolute Gasteiger partial charge is 0.231 e. The minimum atomic E-state index is -0.490. The van der Waals surface area contributed by atoms with Crippen molar-refractivity contribution in [3.63, 3.8) is 0 Å². The SMILES string of the molecule is CC(Nc1ccc2c(c1)OCO2)c1cc(F)c(Cl)cc1Cl. The highest BCUT2D eigenvalue weighted by Crippen LogP contribution is 2.36. The highest BCUT2D eigenvalue weighted by molar-refractivity contribution is 6.35. The minimum absolute atomic E-state index is 0.0130. The molecule has 1 unspecified atom stereocenters. The van der Waals surface area contributed by atoms with Crippen LogP contribution >= 0.6 is 23.2 Å². The first-order valence-electron chi connectivity index (χ1n) is 6.35. The third kappa shape index (κ3) is 2.87. The van der Waals surface area contributed by atoms with Crippen molar-refractivity contribution in [2.45, 2.75) is 13.0 Å². The lowest BCUT2D eigenvalue weighted by molar-refractivity contribution is 0.174. The van der Waals surface area contributed by atoms with Gasteiger partial charge in [-0.2, -0.15) is 0 Å². The average Bonchev–Trinajstić information content (AvgIpc) is 2.90. The monoisotopic (exact) mass is 327 g/mol. The van der Waals surface area contributed by atoms with Gasteiger partial charge in [0, 0.05) is 16.8 Å². The van der Waals surface area contributed by atoms with E-state index in [4.69, 9.17) is 32.7 Å². The Morgan fingerprint density at radius 2 is 1.86 bits per heavy atom. The number of halogens is 3. The van der Waals surface area contributed by atoms with Gasteiger partial charge < -0.3 is 14.8 Å². The third-order valence-corrected chi connectivity index (χ3v) is 3.88.